The van der Waals surface area contributed by atoms with Gasteiger partial charge in [-0.15, -0.1) is 0 Å². The number of carbonyl (C=O) groups excluding carboxylic acids is 1. The molecule has 1 aliphatic heterocycles. The summed E-state index contributed by atoms with van der Waals surface area (Å²) in [5.41, 5.74) is 5.48. The van der Waals surface area contributed by atoms with Gasteiger partial charge in [-0.2, -0.15) is 0 Å². The van der Waals surface area contributed by atoms with Crippen LogP contribution in [0.3, 0.4) is 0 Å². The molecule has 0 spiro atoms. The molecule has 0 aliphatic carbocycles. The first-order valence-electron chi connectivity index (χ1n) is 11.9. The zero-order valence-electron chi connectivity index (χ0n) is 21.2. The van der Waals surface area contributed by atoms with Gasteiger partial charge in [0.1, 0.15) is 12.4 Å². The standard InChI is InChI=1S/C30H35FN2OS/c1-21(2)35-29-15-17-32(16-14-22(29)3)30(34)20-33(25(6)26-10-8-7-9-11-26)19-24(5)27-12-13-28(31)23(4)18-27/h7-13,18-19H,1,6,14-17,20H2,2-5H3/b24-19+. The van der Waals surface area contributed by atoms with Crippen molar-refractivity contribution in [3.63, 3.8) is 0 Å². The fraction of sp³-hybridized carbons (Fsp3) is 0.300. The van der Waals surface area contributed by atoms with Gasteiger partial charge in [0.2, 0.25) is 5.91 Å². The molecule has 2 aromatic rings. The second kappa shape index (κ2) is 12.1. The summed E-state index contributed by atoms with van der Waals surface area (Å²) in [6.07, 6.45) is 3.66. The molecule has 0 saturated heterocycles. The number of amides is 1. The van der Waals surface area contributed by atoms with E-state index in [1.54, 1.807) is 24.8 Å². The highest BCUT2D eigenvalue weighted by Crippen LogP contribution is 2.32. The van der Waals surface area contributed by atoms with Crippen molar-refractivity contribution >= 4 is 28.9 Å². The summed E-state index contributed by atoms with van der Waals surface area (Å²) < 4.78 is 13.8. The Morgan fingerprint density at radius 1 is 1.06 bits per heavy atom. The van der Waals surface area contributed by atoms with Crippen molar-refractivity contribution in [2.75, 3.05) is 19.6 Å². The molecule has 0 fully saturated rings. The molecule has 1 heterocycles. The first kappa shape index (κ1) is 26.6. The summed E-state index contributed by atoms with van der Waals surface area (Å²) in [6.45, 7) is 17.8. The zero-order valence-corrected chi connectivity index (χ0v) is 22.1. The minimum Gasteiger partial charge on any atom is -0.340 e. The van der Waals surface area contributed by atoms with Crippen LogP contribution in [0.5, 0.6) is 0 Å². The van der Waals surface area contributed by atoms with Crippen LogP contribution in [-0.4, -0.2) is 35.3 Å². The molecule has 0 aromatic heterocycles. The van der Waals surface area contributed by atoms with Crippen molar-refractivity contribution in [2.24, 2.45) is 0 Å². The number of nitrogens with zero attached hydrogens (tertiary/aromatic N) is 2. The molecule has 0 unspecified atom stereocenters. The maximum atomic E-state index is 13.8. The Kier molecular flexibility index (Phi) is 9.16. The minimum atomic E-state index is -0.225. The van der Waals surface area contributed by atoms with Crippen molar-refractivity contribution in [2.45, 2.75) is 40.5 Å². The normalized spacial score (nSPS) is 14.5. The number of halogens is 1. The van der Waals surface area contributed by atoms with E-state index in [1.165, 1.54) is 16.5 Å². The number of thioether (sulfide) groups is 1. The number of allylic oxidation sites excluding steroid dienone is 2. The molecule has 0 radical (unpaired) electrons. The van der Waals surface area contributed by atoms with Gasteiger partial charge >= 0.3 is 0 Å². The summed E-state index contributed by atoms with van der Waals surface area (Å²) in [5, 5.41) is 0. The number of carbonyl (C=O) groups is 1. The Morgan fingerprint density at radius 2 is 1.74 bits per heavy atom. The Bertz CT molecular complexity index is 1170. The Hall–Kier alpha value is -3.05. The second-order valence-corrected chi connectivity index (χ2v) is 10.5. The molecule has 1 aliphatic rings. The molecule has 184 valence electrons. The van der Waals surface area contributed by atoms with E-state index in [9.17, 15) is 9.18 Å². The van der Waals surface area contributed by atoms with Crippen LogP contribution in [0, 0.1) is 12.7 Å². The van der Waals surface area contributed by atoms with Crippen molar-refractivity contribution < 1.29 is 9.18 Å². The number of aryl methyl sites for hydroxylation is 1. The van der Waals surface area contributed by atoms with E-state index >= 15 is 0 Å². The molecule has 2 aromatic carbocycles. The maximum Gasteiger partial charge on any atom is 0.242 e. The van der Waals surface area contributed by atoms with E-state index in [0.29, 0.717) is 18.7 Å². The van der Waals surface area contributed by atoms with Crippen LogP contribution in [0.2, 0.25) is 0 Å². The molecule has 5 heteroatoms. The monoisotopic (exact) mass is 490 g/mol. The highest BCUT2D eigenvalue weighted by Gasteiger charge is 2.22. The van der Waals surface area contributed by atoms with E-state index in [2.05, 4.69) is 20.1 Å². The lowest BCUT2D eigenvalue weighted by Gasteiger charge is -2.28. The fourth-order valence-corrected chi connectivity index (χ4v) is 4.95. The van der Waals surface area contributed by atoms with Gasteiger partial charge in [0.05, 0.1) is 0 Å². The molecule has 0 N–H and O–H groups in total. The van der Waals surface area contributed by atoms with Gasteiger partial charge in [-0.25, -0.2) is 4.39 Å². The minimum absolute atomic E-state index is 0.0655. The van der Waals surface area contributed by atoms with Crippen LogP contribution in [0.4, 0.5) is 4.39 Å². The van der Waals surface area contributed by atoms with Gasteiger partial charge in [0.15, 0.2) is 0 Å². The Labute approximate surface area is 213 Å². The van der Waals surface area contributed by atoms with Crippen LogP contribution in [0.1, 0.15) is 50.3 Å². The lowest BCUT2D eigenvalue weighted by Crippen LogP contribution is -2.39. The predicted octanol–water partition coefficient (Wildman–Crippen LogP) is 7.63. The van der Waals surface area contributed by atoms with E-state index < -0.39 is 0 Å². The van der Waals surface area contributed by atoms with Gasteiger partial charge in [0.25, 0.3) is 0 Å². The quantitative estimate of drug-likeness (QED) is 0.380. The van der Waals surface area contributed by atoms with Crippen LogP contribution >= 0.6 is 11.8 Å². The van der Waals surface area contributed by atoms with Gasteiger partial charge in [-0.3, -0.25) is 4.79 Å². The van der Waals surface area contributed by atoms with Gasteiger partial charge < -0.3 is 9.80 Å². The van der Waals surface area contributed by atoms with Crippen molar-refractivity contribution in [3.8, 4) is 0 Å². The lowest BCUT2D eigenvalue weighted by atomic mass is 10.0. The molecular weight excluding hydrogens is 455 g/mol. The van der Waals surface area contributed by atoms with Gasteiger partial charge in [0, 0.05) is 25.0 Å². The molecule has 1 amide bonds. The third kappa shape index (κ3) is 7.22. The topological polar surface area (TPSA) is 23.6 Å². The Balaban J connectivity index is 1.83. The average molecular weight is 491 g/mol. The number of benzene rings is 2. The molecule has 3 nitrogen and oxygen atoms in total. The largest absolute Gasteiger partial charge is 0.340 e. The van der Waals surface area contributed by atoms with E-state index in [-0.39, 0.29) is 18.3 Å². The first-order chi connectivity index (χ1) is 16.7. The second-order valence-electron chi connectivity index (χ2n) is 9.11. The smallest absolute Gasteiger partial charge is 0.242 e. The van der Waals surface area contributed by atoms with Crippen molar-refractivity contribution in [1.82, 2.24) is 9.80 Å². The van der Waals surface area contributed by atoms with Gasteiger partial charge in [-0.05, 0) is 84.7 Å². The van der Waals surface area contributed by atoms with Crippen LogP contribution in [0.15, 0.2) is 83.3 Å². The van der Waals surface area contributed by atoms with E-state index in [1.807, 2.05) is 66.2 Å². The third-order valence-corrected chi connectivity index (χ3v) is 7.36. The maximum absolute atomic E-state index is 13.8. The molecule has 0 bridgehead atoms. The molecule has 3 rings (SSSR count). The molecule has 0 saturated carbocycles. The Morgan fingerprint density at radius 3 is 2.40 bits per heavy atom. The summed E-state index contributed by atoms with van der Waals surface area (Å²) in [6, 6.07) is 14.9. The van der Waals surface area contributed by atoms with E-state index in [4.69, 9.17) is 0 Å². The SMILES string of the molecule is C=C(C)SC1=C(C)CCN(C(=O)CN(/C=C(\C)c2ccc(F)c(C)c2)C(=C)c2ccccc2)CC1. The highest BCUT2D eigenvalue weighted by atomic mass is 32.2. The highest BCUT2D eigenvalue weighted by molar-refractivity contribution is 8.06. The van der Waals surface area contributed by atoms with Crippen molar-refractivity contribution in [3.05, 3.63) is 106 Å². The molecular formula is C30H35FN2OS. The first-order valence-corrected chi connectivity index (χ1v) is 12.7. The van der Waals surface area contributed by atoms with Crippen molar-refractivity contribution in [1.29, 1.82) is 0 Å². The number of hydrogen-bond donors (Lipinski definition) is 0. The van der Waals surface area contributed by atoms with Crippen LogP contribution in [-0.2, 0) is 4.79 Å². The van der Waals surface area contributed by atoms with Crippen LogP contribution in [0.25, 0.3) is 11.3 Å². The van der Waals surface area contributed by atoms with Crippen LogP contribution < -0.4 is 0 Å². The summed E-state index contributed by atoms with van der Waals surface area (Å²) in [5.74, 6) is -0.160. The summed E-state index contributed by atoms with van der Waals surface area (Å²) in [4.78, 5) is 19.7. The molecule has 35 heavy (non-hydrogen) atoms. The predicted molar refractivity (Wildman–Crippen MR) is 148 cm³/mol. The number of hydrogen-bond acceptors (Lipinski definition) is 3. The zero-order chi connectivity index (χ0) is 25.5. The fourth-order valence-electron chi connectivity index (χ4n) is 4.06. The summed E-state index contributed by atoms with van der Waals surface area (Å²) >= 11 is 1.72. The summed E-state index contributed by atoms with van der Waals surface area (Å²) in [7, 11) is 0. The van der Waals surface area contributed by atoms with Gasteiger partial charge in [-0.1, -0.05) is 66.9 Å². The third-order valence-electron chi connectivity index (χ3n) is 6.21. The number of rotatable bonds is 8. The van der Waals surface area contributed by atoms with E-state index in [0.717, 1.165) is 40.1 Å². The molecule has 0 atom stereocenters. The average Bonchev–Trinajstić information content (AvgIpc) is 3.01. The lowest BCUT2D eigenvalue weighted by molar-refractivity contribution is -0.131.